The normalized spacial score (nSPS) is 44.9. The Balaban J connectivity index is 1.65. The van der Waals surface area contributed by atoms with E-state index in [1.807, 2.05) is 6.92 Å². The third kappa shape index (κ3) is 3.84. The molecular formula is C27H43N3O4. The minimum absolute atomic E-state index is 0.00669. The fourth-order valence-corrected chi connectivity index (χ4v) is 7.86. The third-order valence-electron chi connectivity index (χ3n) is 9.97. The zero-order valence-electron chi connectivity index (χ0n) is 21.0. The molecule has 1 amide bonds. The Morgan fingerprint density at radius 1 is 1.18 bits per heavy atom. The summed E-state index contributed by atoms with van der Waals surface area (Å²) in [6, 6.07) is -1.16. The van der Waals surface area contributed by atoms with Gasteiger partial charge in [0.05, 0.1) is 12.0 Å². The number of nitrogens with two attached hydrogens (primary N) is 3. The summed E-state index contributed by atoms with van der Waals surface area (Å²) in [6.07, 6.45) is 6.97. The van der Waals surface area contributed by atoms with E-state index in [2.05, 4.69) is 26.8 Å². The molecule has 0 aromatic heterocycles. The second kappa shape index (κ2) is 9.07. The minimum atomic E-state index is -1.10. The number of allylic oxidation sites excluding steroid dienone is 3. The number of amides is 1. The maximum Gasteiger partial charge on any atom is 0.224 e. The van der Waals surface area contributed by atoms with Crippen molar-refractivity contribution in [3.8, 4) is 0 Å². The standard InChI is InChI=1S/C27H43N3O4/c1-12(2)5-6-13(3)16-7-8-19(31)21-17(16)10-14-9-15-11-18(28)22(26(30)34)25(33)27(15,4)24(29)20(14)23(21)32/h7-8,12-18,20,22,24-25,31,33H,5-6,9-11,28-29H2,1-4H3,(H2,30,34)/t13?,14?,15?,16?,17-,18?,20?,22?,24?,25?,27-/m1/s1. The number of hydrogen-bond donors (Lipinski definition) is 5. The topological polar surface area (TPSA) is 153 Å². The van der Waals surface area contributed by atoms with Crippen LogP contribution in [0.15, 0.2) is 23.5 Å². The highest BCUT2D eigenvalue weighted by Crippen LogP contribution is 2.59. The molecule has 0 aromatic rings. The van der Waals surface area contributed by atoms with Crippen molar-refractivity contribution in [3.05, 3.63) is 23.5 Å². The molecule has 0 saturated heterocycles. The number of aliphatic hydroxyl groups is 2. The second-order valence-electron chi connectivity index (χ2n) is 12.3. The highest BCUT2D eigenvalue weighted by molar-refractivity contribution is 6.00. The average Bonchev–Trinajstić information content (AvgIpc) is 2.74. The van der Waals surface area contributed by atoms with Crippen molar-refractivity contribution < 1.29 is 19.8 Å². The van der Waals surface area contributed by atoms with Crippen molar-refractivity contribution in [2.24, 2.45) is 70.0 Å². The van der Waals surface area contributed by atoms with Gasteiger partial charge in [-0.3, -0.25) is 9.59 Å². The van der Waals surface area contributed by atoms with Gasteiger partial charge in [0, 0.05) is 29.0 Å². The minimum Gasteiger partial charge on any atom is -0.508 e. The van der Waals surface area contributed by atoms with Gasteiger partial charge in [-0.2, -0.15) is 0 Å². The first-order valence-corrected chi connectivity index (χ1v) is 13.0. The van der Waals surface area contributed by atoms with Crippen LogP contribution in [0.3, 0.4) is 0 Å². The van der Waals surface area contributed by atoms with Crippen LogP contribution in [0.1, 0.15) is 59.8 Å². The lowest BCUT2D eigenvalue weighted by molar-refractivity contribution is -0.164. The molecule has 11 atom stereocenters. The van der Waals surface area contributed by atoms with Gasteiger partial charge in [0.2, 0.25) is 5.91 Å². The van der Waals surface area contributed by atoms with E-state index < -0.39 is 41.3 Å². The van der Waals surface area contributed by atoms with Crippen LogP contribution in [0.25, 0.3) is 0 Å². The number of carbonyl (C=O) groups is 2. The molecule has 3 saturated carbocycles. The van der Waals surface area contributed by atoms with Gasteiger partial charge in [-0.1, -0.05) is 40.2 Å². The average molecular weight is 474 g/mol. The van der Waals surface area contributed by atoms with Crippen LogP contribution in [0.4, 0.5) is 0 Å². The molecule has 9 unspecified atom stereocenters. The second-order valence-corrected chi connectivity index (χ2v) is 12.3. The first-order valence-electron chi connectivity index (χ1n) is 13.0. The highest BCUT2D eigenvalue weighted by atomic mass is 16.3. The molecule has 34 heavy (non-hydrogen) atoms. The zero-order chi connectivity index (χ0) is 25.1. The van der Waals surface area contributed by atoms with Gasteiger partial charge in [0.15, 0.2) is 5.78 Å². The van der Waals surface area contributed by atoms with Crippen LogP contribution in [0.2, 0.25) is 0 Å². The van der Waals surface area contributed by atoms with Crippen molar-refractivity contribution in [2.45, 2.75) is 78.0 Å². The first-order chi connectivity index (χ1) is 15.9. The summed E-state index contributed by atoms with van der Waals surface area (Å²) < 4.78 is 0. The van der Waals surface area contributed by atoms with E-state index in [-0.39, 0.29) is 35.2 Å². The van der Waals surface area contributed by atoms with Crippen LogP contribution < -0.4 is 17.2 Å². The number of ketones is 1. The number of hydrogen-bond acceptors (Lipinski definition) is 6. The van der Waals surface area contributed by atoms with Crippen LogP contribution in [-0.4, -0.2) is 40.1 Å². The number of fused-ring (bicyclic) bond motifs is 3. The number of primary amides is 1. The Hall–Kier alpha value is -1.70. The third-order valence-corrected chi connectivity index (χ3v) is 9.97. The molecule has 0 spiro atoms. The monoisotopic (exact) mass is 473 g/mol. The summed E-state index contributed by atoms with van der Waals surface area (Å²) >= 11 is 0. The van der Waals surface area contributed by atoms with Crippen molar-refractivity contribution in [1.29, 1.82) is 0 Å². The fraction of sp³-hybridized carbons (Fsp3) is 0.778. The Morgan fingerprint density at radius 2 is 1.85 bits per heavy atom. The quantitative estimate of drug-likeness (QED) is 0.413. The number of rotatable bonds is 5. The van der Waals surface area contributed by atoms with E-state index in [9.17, 15) is 19.8 Å². The van der Waals surface area contributed by atoms with Crippen LogP contribution in [-0.2, 0) is 9.59 Å². The van der Waals surface area contributed by atoms with Crippen LogP contribution in [0.5, 0.6) is 0 Å². The van der Waals surface area contributed by atoms with Gasteiger partial charge < -0.3 is 27.4 Å². The Kier molecular flexibility index (Phi) is 6.77. The van der Waals surface area contributed by atoms with Crippen molar-refractivity contribution >= 4 is 11.7 Å². The number of carbonyl (C=O) groups excluding carboxylic acids is 2. The lowest BCUT2D eigenvalue weighted by Gasteiger charge is -2.61. The molecule has 7 nitrogen and oxygen atoms in total. The van der Waals surface area contributed by atoms with Crippen LogP contribution in [0, 0.1) is 52.8 Å². The number of aliphatic hydroxyl groups excluding tert-OH is 2. The van der Waals surface area contributed by atoms with Gasteiger partial charge in [-0.25, -0.2) is 0 Å². The molecular weight excluding hydrogens is 430 g/mol. The zero-order valence-corrected chi connectivity index (χ0v) is 21.0. The van der Waals surface area contributed by atoms with Gasteiger partial charge in [0.25, 0.3) is 0 Å². The van der Waals surface area contributed by atoms with Gasteiger partial charge in [0.1, 0.15) is 5.76 Å². The molecule has 0 heterocycles. The summed E-state index contributed by atoms with van der Waals surface area (Å²) in [5.74, 6) is -0.746. The molecule has 0 aromatic carbocycles. The van der Waals surface area contributed by atoms with E-state index >= 15 is 0 Å². The molecule has 4 aliphatic rings. The molecule has 7 heteroatoms. The van der Waals surface area contributed by atoms with Crippen LogP contribution >= 0.6 is 0 Å². The lowest BCUT2D eigenvalue weighted by Crippen LogP contribution is -2.70. The highest BCUT2D eigenvalue weighted by Gasteiger charge is 2.63. The Bertz CT molecular complexity index is 898. The van der Waals surface area contributed by atoms with Gasteiger partial charge in [-0.05, 0) is 67.3 Å². The molecule has 190 valence electrons. The van der Waals surface area contributed by atoms with Crippen molar-refractivity contribution in [1.82, 2.24) is 0 Å². The molecule has 8 N–H and O–H groups in total. The molecule has 4 aliphatic carbocycles. The van der Waals surface area contributed by atoms with E-state index in [1.165, 1.54) is 0 Å². The number of Topliss-reactive ketones (excluding diaryl/α,β-unsaturated/α-hetero) is 1. The maximum atomic E-state index is 13.9. The Labute approximate surface area is 203 Å². The summed E-state index contributed by atoms with van der Waals surface area (Å²) in [7, 11) is 0. The lowest BCUT2D eigenvalue weighted by atomic mass is 9.45. The maximum absolute atomic E-state index is 13.9. The van der Waals surface area contributed by atoms with E-state index in [1.54, 1.807) is 6.08 Å². The summed E-state index contributed by atoms with van der Waals surface area (Å²) in [4.78, 5) is 26.0. The van der Waals surface area contributed by atoms with E-state index in [4.69, 9.17) is 17.2 Å². The largest absolute Gasteiger partial charge is 0.508 e. The molecule has 3 fully saturated rings. The predicted molar refractivity (Wildman–Crippen MR) is 131 cm³/mol. The summed E-state index contributed by atoms with van der Waals surface area (Å²) in [5.41, 5.74) is 18.4. The van der Waals surface area contributed by atoms with E-state index in [0.717, 1.165) is 25.7 Å². The SMILES string of the molecule is CC(C)CCC(C)C1C=CC(O)=C2C(=O)C3C(CC4CC(N)C(C(N)=O)C(O)[C@@]4(C)C3N)C[C@@H]21. The smallest absolute Gasteiger partial charge is 0.224 e. The predicted octanol–water partition coefficient (Wildman–Crippen LogP) is 2.43. The molecule has 0 bridgehead atoms. The van der Waals surface area contributed by atoms with Gasteiger partial charge >= 0.3 is 0 Å². The fourth-order valence-electron chi connectivity index (χ4n) is 7.86. The van der Waals surface area contributed by atoms with E-state index in [0.29, 0.717) is 23.8 Å². The molecule has 4 rings (SSSR count). The van der Waals surface area contributed by atoms with Crippen molar-refractivity contribution in [2.75, 3.05) is 0 Å². The van der Waals surface area contributed by atoms with Crippen molar-refractivity contribution in [3.63, 3.8) is 0 Å². The summed E-state index contributed by atoms with van der Waals surface area (Å²) in [6.45, 7) is 8.58. The molecule has 0 aliphatic heterocycles. The molecule has 0 radical (unpaired) electrons. The summed E-state index contributed by atoms with van der Waals surface area (Å²) in [5, 5.41) is 22.0. The first kappa shape index (κ1) is 25.4. The van der Waals surface area contributed by atoms with Gasteiger partial charge in [-0.15, -0.1) is 0 Å². The Morgan fingerprint density at radius 3 is 2.47 bits per heavy atom.